The van der Waals surface area contributed by atoms with Crippen LogP contribution in [-0.2, 0) is 0 Å². The zero-order valence-corrected chi connectivity index (χ0v) is 12.4. The molecule has 112 valence electrons. The molecule has 3 rings (SSSR count). The smallest absolute Gasteiger partial charge is 0.182 e. The monoisotopic (exact) mass is 296 g/mol. The minimum atomic E-state index is 0.566. The molecule has 3 aromatic rings. The van der Waals surface area contributed by atoms with Crippen molar-refractivity contribution in [3.63, 3.8) is 0 Å². The highest BCUT2D eigenvalue weighted by atomic mass is 16.5. The van der Waals surface area contributed by atoms with Crippen LogP contribution in [0.5, 0.6) is 11.5 Å². The molecule has 0 saturated carbocycles. The SMILES string of the molecule is COc1cccc(-c2nnc(-c3cccc(OC)c3)n2N)c1. The lowest BCUT2D eigenvalue weighted by atomic mass is 10.2. The first-order valence-electron chi connectivity index (χ1n) is 6.72. The summed E-state index contributed by atoms with van der Waals surface area (Å²) < 4.78 is 11.9. The van der Waals surface area contributed by atoms with Crippen LogP contribution in [0.4, 0.5) is 0 Å². The number of benzene rings is 2. The molecule has 2 N–H and O–H groups in total. The normalized spacial score (nSPS) is 10.5. The zero-order valence-electron chi connectivity index (χ0n) is 12.4. The Morgan fingerprint density at radius 3 is 1.68 bits per heavy atom. The van der Waals surface area contributed by atoms with Gasteiger partial charge in [-0.05, 0) is 24.3 Å². The van der Waals surface area contributed by atoms with Crippen molar-refractivity contribution >= 4 is 0 Å². The van der Waals surface area contributed by atoms with Gasteiger partial charge in [-0.3, -0.25) is 0 Å². The van der Waals surface area contributed by atoms with Crippen molar-refractivity contribution in [2.75, 3.05) is 20.1 Å². The summed E-state index contributed by atoms with van der Waals surface area (Å²) >= 11 is 0. The summed E-state index contributed by atoms with van der Waals surface area (Å²) in [5.41, 5.74) is 1.67. The van der Waals surface area contributed by atoms with Gasteiger partial charge in [-0.25, -0.2) is 4.68 Å². The molecule has 0 saturated heterocycles. The van der Waals surface area contributed by atoms with Crippen molar-refractivity contribution in [3.05, 3.63) is 48.5 Å². The summed E-state index contributed by atoms with van der Waals surface area (Å²) in [6.07, 6.45) is 0. The molecule has 0 fully saturated rings. The third kappa shape index (κ3) is 2.46. The van der Waals surface area contributed by atoms with Crippen LogP contribution < -0.4 is 15.3 Å². The predicted molar refractivity (Wildman–Crippen MR) is 84.1 cm³/mol. The van der Waals surface area contributed by atoms with E-state index in [0.29, 0.717) is 11.6 Å². The van der Waals surface area contributed by atoms with Crippen LogP contribution in [0.1, 0.15) is 0 Å². The third-order valence-corrected chi connectivity index (χ3v) is 3.35. The van der Waals surface area contributed by atoms with E-state index < -0.39 is 0 Å². The van der Waals surface area contributed by atoms with E-state index in [1.165, 1.54) is 4.68 Å². The number of nitrogen functional groups attached to an aromatic ring is 1. The summed E-state index contributed by atoms with van der Waals surface area (Å²) in [4.78, 5) is 0. The van der Waals surface area contributed by atoms with Gasteiger partial charge in [0.15, 0.2) is 11.6 Å². The fourth-order valence-electron chi connectivity index (χ4n) is 2.21. The molecule has 1 aromatic heterocycles. The molecule has 0 amide bonds. The molecule has 6 nitrogen and oxygen atoms in total. The van der Waals surface area contributed by atoms with Gasteiger partial charge in [-0.2, -0.15) is 0 Å². The largest absolute Gasteiger partial charge is 0.497 e. The Kier molecular flexibility index (Phi) is 3.65. The van der Waals surface area contributed by atoms with Crippen LogP contribution in [-0.4, -0.2) is 29.1 Å². The summed E-state index contributed by atoms with van der Waals surface area (Å²) in [7, 11) is 3.24. The Morgan fingerprint density at radius 1 is 0.818 bits per heavy atom. The van der Waals surface area contributed by atoms with E-state index in [2.05, 4.69) is 10.2 Å². The molecule has 0 radical (unpaired) electrons. The summed E-state index contributed by atoms with van der Waals surface area (Å²) in [6, 6.07) is 15.0. The van der Waals surface area contributed by atoms with E-state index in [9.17, 15) is 0 Å². The van der Waals surface area contributed by atoms with Gasteiger partial charge in [0.1, 0.15) is 11.5 Å². The van der Waals surface area contributed by atoms with E-state index in [1.54, 1.807) is 14.2 Å². The number of methoxy groups -OCH3 is 2. The number of aromatic nitrogens is 3. The first-order valence-corrected chi connectivity index (χ1v) is 6.72. The fourth-order valence-corrected chi connectivity index (χ4v) is 2.21. The highest BCUT2D eigenvalue weighted by Gasteiger charge is 2.14. The second-order valence-electron chi connectivity index (χ2n) is 4.68. The van der Waals surface area contributed by atoms with Crippen molar-refractivity contribution < 1.29 is 9.47 Å². The van der Waals surface area contributed by atoms with Crippen LogP contribution in [0.3, 0.4) is 0 Å². The standard InChI is InChI=1S/C16H16N4O2/c1-21-13-7-3-5-11(9-13)15-18-19-16(20(15)17)12-6-4-8-14(10-12)22-2/h3-10H,17H2,1-2H3. The summed E-state index contributed by atoms with van der Waals surface area (Å²) in [5, 5.41) is 8.37. The lowest BCUT2D eigenvalue weighted by Gasteiger charge is -2.06. The predicted octanol–water partition coefficient (Wildman–Crippen LogP) is 2.34. The maximum atomic E-state index is 6.16. The second-order valence-corrected chi connectivity index (χ2v) is 4.68. The molecule has 2 aromatic carbocycles. The van der Waals surface area contributed by atoms with Crippen molar-refractivity contribution in [1.82, 2.24) is 14.9 Å². The zero-order chi connectivity index (χ0) is 15.5. The Hall–Kier alpha value is -3.02. The fraction of sp³-hybridized carbons (Fsp3) is 0.125. The van der Waals surface area contributed by atoms with E-state index in [4.69, 9.17) is 15.3 Å². The van der Waals surface area contributed by atoms with Gasteiger partial charge in [0, 0.05) is 11.1 Å². The molecule has 6 heteroatoms. The molecular weight excluding hydrogens is 280 g/mol. The van der Waals surface area contributed by atoms with Crippen molar-refractivity contribution in [2.45, 2.75) is 0 Å². The molecule has 0 spiro atoms. The molecule has 0 aliphatic carbocycles. The minimum absolute atomic E-state index is 0.566. The lowest BCUT2D eigenvalue weighted by molar-refractivity contribution is 0.415. The average molecular weight is 296 g/mol. The molecule has 0 aliphatic heterocycles. The van der Waals surface area contributed by atoms with Gasteiger partial charge in [0.25, 0.3) is 0 Å². The Labute approximate surface area is 128 Å². The first-order chi connectivity index (χ1) is 10.7. The number of ether oxygens (including phenoxy) is 2. The Bertz CT molecular complexity index is 733. The topological polar surface area (TPSA) is 75.2 Å². The molecular formula is C16H16N4O2. The van der Waals surface area contributed by atoms with E-state index >= 15 is 0 Å². The van der Waals surface area contributed by atoms with Crippen molar-refractivity contribution in [2.24, 2.45) is 0 Å². The highest BCUT2D eigenvalue weighted by Crippen LogP contribution is 2.26. The third-order valence-electron chi connectivity index (χ3n) is 3.35. The van der Waals surface area contributed by atoms with E-state index in [1.807, 2.05) is 48.5 Å². The van der Waals surface area contributed by atoms with Gasteiger partial charge in [0.05, 0.1) is 14.2 Å². The molecule has 0 aliphatic rings. The van der Waals surface area contributed by atoms with Crippen LogP contribution in [0, 0.1) is 0 Å². The maximum Gasteiger partial charge on any atom is 0.182 e. The molecule has 1 heterocycles. The van der Waals surface area contributed by atoms with Gasteiger partial charge < -0.3 is 15.3 Å². The van der Waals surface area contributed by atoms with Gasteiger partial charge in [-0.15, -0.1) is 10.2 Å². The highest BCUT2D eigenvalue weighted by molar-refractivity contribution is 5.64. The number of hydrogen-bond acceptors (Lipinski definition) is 5. The lowest BCUT2D eigenvalue weighted by Crippen LogP contribution is -2.12. The average Bonchev–Trinajstić information content (AvgIpc) is 2.96. The molecule has 0 atom stereocenters. The molecule has 0 unspecified atom stereocenters. The maximum absolute atomic E-state index is 6.16. The van der Waals surface area contributed by atoms with Gasteiger partial charge in [-0.1, -0.05) is 24.3 Å². The number of rotatable bonds is 4. The number of hydrogen-bond donors (Lipinski definition) is 1. The Morgan fingerprint density at radius 2 is 1.27 bits per heavy atom. The first kappa shape index (κ1) is 13.9. The van der Waals surface area contributed by atoms with Gasteiger partial charge in [0.2, 0.25) is 0 Å². The quantitative estimate of drug-likeness (QED) is 0.748. The number of nitrogens with two attached hydrogens (primary N) is 1. The van der Waals surface area contributed by atoms with E-state index in [-0.39, 0.29) is 0 Å². The van der Waals surface area contributed by atoms with Crippen LogP contribution in [0.25, 0.3) is 22.8 Å². The Balaban J connectivity index is 2.04. The van der Waals surface area contributed by atoms with Crippen molar-refractivity contribution in [1.29, 1.82) is 0 Å². The minimum Gasteiger partial charge on any atom is -0.497 e. The summed E-state index contributed by atoms with van der Waals surface area (Å²) in [5.74, 6) is 8.77. The second kappa shape index (κ2) is 5.77. The van der Waals surface area contributed by atoms with Crippen molar-refractivity contribution in [3.8, 4) is 34.3 Å². The van der Waals surface area contributed by atoms with Crippen LogP contribution >= 0.6 is 0 Å². The van der Waals surface area contributed by atoms with Crippen LogP contribution in [0.15, 0.2) is 48.5 Å². The molecule has 0 bridgehead atoms. The summed E-state index contributed by atoms with van der Waals surface area (Å²) in [6.45, 7) is 0. The van der Waals surface area contributed by atoms with E-state index in [0.717, 1.165) is 22.6 Å². The van der Waals surface area contributed by atoms with Crippen LogP contribution in [0.2, 0.25) is 0 Å². The molecule has 22 heavy (non-hydrogen) atoms. The van der Waals surface area contributed by atoms with Gasteiger partial charge >= 0.3 is 0 Å². The number of nitrogens with zero attached hydrogens (tertiary/aromatic N) is 3.